The van der Waals surface area contributed by atoms with Crippen LogP contribution in [0.3, 0.4) is 0 Å². The Bertz CT molecular complexity index is 438. The SMILES string of the molecule is CCCCn1cc[n+](C)c1.CCCCn1cc[n+](C)c1.[Br-].[Cl-]. The zero-order valence-corrected chi connectivity index (χ0v) is 16.6. The number of hydrogen-bond acceptors (Lipinski definition) is 0. The minimum Gasteiger partial charge on any atom is -1.00 e. The lowest BCUT2D eigenvalue weighted by molar-refractivity contribution is -0.671. The predicted molar refractivity (Wildman–Crippen MR) is 81.0 cm³/mol. The van der Waals surface area contributed by atoms with Gasteiger partial charge in [0.05, 0.1) is 27.2 Å². The molecule has 0 atom stereocenters. The van der Waals surface area contributed by atoms with Crippen molar-refractivity contribution < 1.29 is 38.5 Å². The minimum atomic E-state index is 0. The van der Waals surface area contributed by atoms with E-state index in [1.165, 1.54) is 25.7 Å². The molecule has 2 heterocycles. The summed E-state index contributed by atoms with van der Waals surface area (Å²) in [6, 6.07) is 0. The van der Waals surface area contributed by atoms with Crippen molar-refractivity contribution in [2.24, 2.45) is 14.1 Å². The zero-order chi connectivity index (χ0) is 14.8. The second-order valence-electron chi connectivity index (χ2n) is 5.34. The van der Waals surface area contributed by atoms with E-state index in [4.69, 9.17) is 0 Å². The van der Waals surface area contributed by atoms with Crippen LogP contribution in [0.25, 0.3) is 0 Å². The summed E-state index contributed by atoms with van der Waals surface area (Å²) in [4.78, 5) is 0. The molecule has 22 heavy (non-hydrogen) atoms. The van der Waals surface area contributed by atoms with Gasteiger partial charge in [0.2, 0.25) is 12.7 Å². The number of aryl methyl sites for hydroxylation is 4. The Kier molecular flexibility index (Phi) is 14.7. The first-order valence-corrected chi connectivity index (χ1v) is 7.67. The summed E-state index contributed by atoms with van der Waals surface area (Å²) < 4.78 is 8.55. The first-order chi connectivity index (χ1) is 9.65. The van der Waals surface area contributed by atoms with Gasteiger partial charge in [0.15, 0.2) is 0 Å². The lowest BCUT2D eigenvalue weighted by atomic mass is 10.3. The van der Waals surface area contributed by atoms with Crippen LogP contribution in [0.2, 0.25) is 0 Å². The average molecular weight is 394 g/mol. The van der Waals surface area contributed by atoms with Crippen LogP contribution < -0.4 is 38.5 Å². The molecule has 0 N–H and O–H groups in total. The van der Waals surface area contributed by atoms with Gasteiger partial charge in [0, 0.05) is 0 Å². The average Bonchev–Trinajstić information content (AvgIpc) is 3.03. The first kappa shape index (κ1) is 23.5. The number of halogens is 2. The van der Waals surface area contributed by atoms with Gasteiger partial charge < -0.3 is 29.4 Å². The highest BCUT2D eigenvalue weighted by Gasteiger charge is 1.97. The van der Waals surface area contributed by atoms with Gasteiger partial charge in [0.25, 0.3) is 0 Å². The van der Waals surface area contributed by atoms with E-state index in [0.29, 0.717) is 0 Å². The number of nitrogens with zero attached hydrogens (tertiary/aromatic N) is 4. The Hall–Kier alpha value is -0.810. The topological polar surface area (TPSA) is 17.6 Å². The number of unbranched alkanes of at least 4 members (excludes halogenated alkanes) is 2. The Morgan fingerprint density at radius 3 is 1.36 bits per heavy atom. The number of rotatable bonds is 6. The highest BCUT2D eigenvalue weighted by atomic mass is 79.9. The summed E-state index contributed by atoms with van der Waals surface area (Å²) in [5.74, 6) is 0. The van der Waals surface area contributed by atoms with E-state index in [1.807, 2.05) is 14.1 Å². The lowest BCUT2D eigenvalue weighted by Crippen LogP contribution is -3.00. The van der Waals surface area contributed by atoms with Crippen molar-refractivity contribution >= 4 is 0 Å². The van der Waals surface area contributed by atoms with E-state index < -0.39 is 0 Å². The van der Waals surface area contributed by atoms with Crippen molar-refractivity contribution in [2.45, 2.75) is 52.6 Å². The van der Waals surface area contributed by atoms with E-state index in [0.717, 1.165) is 13.1 Å². The maximum atomic E-state index is 2.21. The molecule has 0 amide bonds. The number of imidazole rings is 2. The molecular formula is C16H30BrClN4. The molecule has 0 bridgehead atoms. The largest absolute Gasteiger partial charge is 1.00 e. The summed E-state index contributed by atoms with van der Waals surface area (Å²) in [7, 11) is 4.09. The van der Waals surface area contributed by atoms with Crippen LogP contribution in [0.1, 0.15) is 39.5 Å². The van der Waals surface area contributed by atoms with Gasteiger partial charge in [-0.05, 0) is 12.8 Å². The minimum absolute atomic E-state index is 0. The maximum absolute atomic E-state index is 2.21. The van der Waals surface area contributed by atoms with Gasteiger partial charge >= 0.3 is 0 Å². The molecule has 0 aliphatic heterocycles. The molecular weight excluding hydrogens is 364 g/mol. The number of hydrogen-bond donors (Lipinski definition) is 0. The van der Waals surface area contributed by atoms with Gasteiger partial charge in [-0.3, -0.25) is 0 Å². The Labute approximate surface area is 152 Å². The smallest absolute Gasteiger partial charge is 0.243 e. The Balaban J connectivity index is 0. The second-order valence-corrected chi connectivity index (χ2v) is 5.34. The predicted octanol–water partition coefficient (Wildman–Crippen LogP) is -3.77. The fraction of sp³-hybridized carbons (Fsp3) is 0.625. The van der Waals surface area contributed by atoms with Gasteiger partial charge in [-0.2, -0.15) is 0 Å². The van der Waals surface area contributed by atoms with E-state index in [2.05, 4.69) is 69.6 Å². The highest BCUT2D eigenvalue weighted by Crippen LogP contribution is 1.92. The van der Waals surface area contributed by atoms with Crippen LogP contribution in [0.5, 0.6) is 0 Å². The molecule has 0 saturated heterocycles. The van der Waals surface area contributed by atoms with E-state index in [9.17, 15) is 0 Å². The lowest BCUT2D eigenvalue weighted by Gasteiger charge is -1.90. The molecule has 2 aromatic rings. The van der Waals surface area contributed by atoms with Crippen LogP contribution in [-0.4, -0.2) is 9.13 Å². The molecule has 0 radical (unpaired) electrons. The van der Waals surface area contributed by atoms with Crippen LogP contribution in [0.15, 0.2) is 37.4 Å². The molecule has 0 aromatic carbocycles. The third-order valence-electron chi connectivity index (χ3n) is 3.19. The molecule has 0 aliphatic rings. The molecule has 0 aliphatic carbocycles. The van der Waals surface area contributed by atoms with E-state index in [-0.39, 0.29) is 29.4 Å². The van der Waals surface area contributed by atoms with Crippen LogP contribution in [-0.2, 0) is 27.2 Å². The molecule has 2 rings (SSSR count). The summed E-state index contributed by atoms with van der Waals surface area (Å²) in [6.07, 6.45) is 17.6. The monoisotopic (exact) mass is 392 g/mol. The molecule has 4 nitrogen and oxygen atoms in total. The molecule has 6 heteroatoms. The quantitative estimate of drug-likeness (QED) is 0.449. The maximum Gasteiger partial charge on any atom is 0.243 e. The van der Waals surface area contributed by atoms with Crippen LogP contribution >= 0.6 is 0 Å². The van der Waals surface area contributed by atoms with Crippen molar-refractivity contribution in [2.75, 3.05) is 0 Å². The van der Waals surface area contributed by atoms with E-state index >= 15 is 0 Å². The van der Waals surface area contributed by atoms with Crippen molar-refractivity contribution in [3.05, 3.63) is 37.4 Å². The normalized spacial score (nSPS) is 9.27. The Morgan fingerprint density at radius 1 is 0.773 bits per heavy atom. The molecule has 0 fully saturated rings. The fourth-order valence-corrected chi connectivity index (χ4v) is 1.95. The second kappa shape index (κ2) is 13.8. The standard InChI is InChI=1S/2C8H15N2.BrH.ClH/c2*1-3-4-5-10-7-6-9(2)8-10;;/h2*6-8H,3-5H2,1-2H3;2*1H/q2*+1;;/p-2. The van der Waals surface area contributed by atoms with Crippen LogP contribution in [0, 0.1) is 0 Å². The zero-order valence-electron chi connectivity index (χ0n) is 14.3. The molecule has 128 valence electrons. The van der Waals surface area contributed by atoms with Crippen molar-refractivity contribution in [1.29, 1.82) is 0 Å². The first-order valence-electron chi connectivity index (χ1n) is 7.67. The fourth-order valence-electron chi connectivity index (χ4n) is 1.95. The summed E-state index contributed by atoms with van der Waals surface area (Å²) >= 11 is 0. The third-order valence-corrected chi connectivity index (χ3v) is 3.19. The molecule has 0 spiro atoms. The summed E-state index contributed by atoms with van der Waals surface area (Å²) in [5.41, 5.74) is 0. The molecule has 0 saturated carbocycles. The van der Waals surface area contributed by atoms with E-state index in [1.54, 1.807) is 0 Å². The third kappa shape index (κ3) is 10.0. The van der Waals surface area contributed by atoms with Gasteiger partial charge in [-0.1, -0.05) is 26.7 Å². The highest BCUT2D eigenvalue weighted by molar-refractivity contribution is 4.65. The molecule has 2 aromatic heterocycles. The van der Waals surface area contributed by atoms with Crippen molar-refractivity contribution in [3.63, 3.8) is 0 Å². The summed E-state index contributed by atoms with van der Waals surface area (Å²) in [6.45, 7) is 6.72. The number of aromatic nitrogens is 4. The van der Waals surface area contributed by atoms with Crippen LogP contribution in [0.4, 0.5) is 0 Å². The molecule has 0 unspecified atom stereocenters. The van der Waals surface area contributed by atoms with Gasteiger partial charge in [-0.15, -0.1) is 0 Å². The van der Waals surface area contributed by atoms with Gasteiger partial charge in [0.1, 0.15) is 24.8 Å². The Morgan fingerprint density at radius 2 is 1.14 bits per heavy atom. The summed E-state index contributed by atoms with van der Waals surface area (Å²) in [5, 5.41) is 0. The van der Waals surface area contributed by atoms with Gasteiger partial charge in [-0.25, -0.2) is 18.3 Å². The van der Waals surface area contributed by atoms with Crippen molar-refractivity contribution in [1.82, 2.24) is 9.13 Å². The van der Waals surface area contributed by atoms with Crippen molar-refractivity contribution in [3.8, 4) is 0 Å².